The van der Waals surface area contributed by atoms with E-state index in [0.29, 0.717) is 18.2 Å². The van der Waals surface area contributed by atoms with E-state index in [0.717, 1.165) is 23.1 Å². The molecule has 1 amide bonds. The fourth-order valence-electron chi connectivity index (χ4n) is 2.67. The molecule has 2 N–H and O–H groups in total. The smallest absolute Gasteiger partial charge is 0.410 e. The van der Waals surface area contributed by atoms with Crippen LogP contribution in [-0.4, -0.2) is 34.7 Å². The molecule has 0 radical (unpaired) electrons. The van der Waals surface area contributed by atoms with Crippen LogP contribution in [0, 0.1) is 0 Å². The zero-order valence-electron chi connectivity index (χ0n) is 13.2. The number of anilines is 1. The van der Waals surface area contributed by atoms with Crippen LogP contribution < -0.4 is 5.73 Å². The molecule has 22 heavy (non-hydrogen) atoms. The number of nitrogen functional groups attached to an aromatic ring is 1. The van der Waals surface area contributed by atoms with Crippen molar-refractivity contribution in [2.75, 3.05) is 18.8 Å². The van der Waals surface area contributed by atoms with Crippen LogP contribution in [-0.2, 0) is 17.6 Å². The molecule has 118 valence electrons. The largest absolute Gasteiger partial charge is 0.444 e. The van der Waals surface area contributed by atoms with E-state index in [2.05, 4.69) is 17.1 Å². The molecule has 1 aromatic carbocycles. The van der Waals surface area contributed by atoms with Crippen molar-refractivity contribution in [3.63, 3.8) is 0 Å². The van der Waals surface area contributed by atoms with Gasteiger partial charge in [-0.05, 0) is 56.9 Å². The molecule has 1 aliphatic heterocycles. The molecule has 1 aromatic heterocycles. The van der Waals surface area contributed by atoms with E-state index < -0.39 is 5.60 Å². The lowest BCUT2D eigenvalue weighted by Gasteiger charge is -2.26. The molecule has 2 aromatic rings. The van der Waals surface area contributed by atoms with Gasteiger partial charge in [0.05, 0.1) is 10.2 Å². The number of carbonyl (C=O) groups is 1. The van der Waals surface area contributed by atoms with Crippen LogP contribution in [0.15, 0.2) is 12.1 Å². The predicted molar refractivity (Wildman–Crippen MR) is 89.2 cm³/mol. The summed E-state index contributed by atoms with van der Waals surface area (Å²) in [6.07, 6.45) is 1.43. The molecule has 0 fully saturated rings. The molecule has 0 spiro atoms. The van der Waals surface area contributed by atoms with Gasteiger partial charge >= 0.3 is 6.09 Å². The van der Waals surface area contributed by atoms with Gasteiger partial charge in [0.2, 0.25) is 0 Å². The highest BCUT2D eigenvalue weighted by atomic mass is 32.1. The van der Waals surface area contributed by atoms with Gasteiger partial charge in [-0.15, -0.1) is 0 Å². The number of hydrogen-bond acceptors (Lipinski definition) is 5. The molecule has 1 aliphatic rings. The Morgan fingerprint density at radius 3 is 2.55 bits per heavy atom. The van der Waals surface area contributed by atoms with Gasteiger partial charge in [-0.2, -0.15) is 0 Å². The Labute approximate surface area is 134 Å². The summed E-state index contributed by atoms with van der Waals surface area (Å²) < 4.78 is 6.58. The van der Waals surface area contributed by atoms with Gasteiger partial charge in [0.15, 0.2) is 5.13 Å². The molecule has 0 aliphatic carbocycles. The molecular weight excluding hydrogens is 298 g/mol. The summed E-state index contributed by atoms with van der Waals surface area (Å²) in [7, 11) is 0. The number of benzene rings is 1. The number of ether oxygens (including phenoxy) is 1. The number of hydrogen-bond donors (Lipinski definition) is 1. The highest BCUT2D eigenvalue weighted by Gasteiger charge is 2.24. The second-order valence-electron chi connectivity index (χ2n) is 6.61. The van der Waals surface area contributed by atoms with Gasteiger partial charge in [0.25, 0.3) is 0 Å². The number of nitrogens with zero attached hydrogens (tertiary/aromatic N) is 2. The number of thiazole rings is 1. The minimum atomic E-state index is -0.458. The standard InChI is InChI=1S/C16H21N3O2S/c1-16(2,3)21-15(20)19-6-4-10-8-12-13(22-14(17)18-12)9-11(10)5-7-19/h8-9H,4-7H2,1-3H3,(H2,17,18). The van der Waals surface area contributed by atoms with Crippen molar-refractivity contribution in [1.82, 2.24) is 9.88 Å². The number of carbonyl (C=O) groups excluding carboxylic acids is 1. The zero-order valence-corrected chi connectivity index (χ0v) is 14.0. The molecule has 0 unspecified atom stereocenters. The van der Waals surface area contributed by atoms with Crippen LogP contribution in [0.1, 0.15) is 31.9 Å². The number of aromatic nitrogens is 1. The average molecular weight is 319 g/mol. The summed E-state index contributed by atoms with van der Waals surface area (Å²) in [6, 6.07) is 4.27. The van der Waals surface area contributed by atoms with E-state index in [4.69, 9.17) is 10.5 Å². The van der Waals surface area contributed by atoms with Crippen molar-refractivity contribution in [1.29, 1.82) is 0 Å². The lowest BCUT2D eigenvalue weighted by Crippen LogP contribution is -2.38. The molecule has 0 saturated carbocycles. The van der Waals surface area contributed by atoms with Crippen molar-refractivity contribution in [3.8, 4) is 0 Å². The third kappa shape index (κ3) is 3.16. The van der Waals surface area contributed by atoms with E-state index >= 15 is 0 Å². The third-order valence-corrected chi connectivity index (χ3v) is 4.53. The van der Waals surface area contributed by atoms with Crippen LogP contribution in [0.3, 0.4) is 0 Å². The maximum Gasteiger partial charge on any atom is 0.410 e. The summed E-state index contributed by atoms with van der Waals surface area (Å²) in [5.74, 6) is 0. The fraction of sp³-hybridized carbons (Fsp3) is 0.500. The first-order chi connectivity index (χ1) is 10.3. The Bertz CT molecular complexity index is 673. The maximum absolute atomic E-state index is 12.2. The van der Waals surface area contributed by atoms with Crippen LogP contribution in [0.25, 0.3) is 10.2 Å². The average Bonchev–Trinajstić information content (AvgIpc) is 2.62. The van der Waals surface area contributed by atoms with Crippen molar-refractivity contribution < 1.29 is 9.53 Å². The first kappa shape index (κ1) is 15.1. The SMILES string of the molecule is CC(C)(C)OC(=O)N1CCc2cc3nc(N)sc3cc2CC1. The molecule has 0 atom stereocenters. The normalized spacial score (nSPS) is 15.5. The predicted octanol–water partition coefficient (Wildman–Crippen LogP) is 3.21. The van der Waals surface area contributed by atoms with Gasteiger partial charge in [-0.25, -0.2) is 9.78 Å². The first-order valence-corrected chi connectivity index (χ1v) is 8.29. The molecular formula is C16H21N3O2S. The molecule has 3 rings (SSSR count). The van der Waals surface area contributed by atoms with Crippen LogP contribution in [0.4, 0.5) is 9.93 Å². The van der Waals surface area contributed by atoms with E-state index in [1.165, 1.54) is 22.5 Å². The molecule has 0 saturated heterocycles. The Kier molecular flexibility index (Phi) is 3.72. The highest BCUT2D eigenvalue weighted by Crippen LogP contribution is 2.29. The molecule has 0 bridgehead atoms. The maximum atomic E-state index is 12.2. The Morgan fingerprint density at radius 2 is 1.91 bits per heavy atom. The minimum Gasteiger partial charge on any atom is -0.444 e. The molecule has 5 nitrogen and oxygen atoms in total. The van der Waals surface area contributed by atoms with E-state index in [1.54, 1.807) is 4.90 Å². The number of fused-ring (bicyclic) bond motifs is 2. The minimum absolute atomic E-state index is 0.232. The lowest BCUT2D eigenvalue weighted by molar-refractivity contribution is 0.0258. The van der Waals surface area contributed by atoms with Gasteiger partial charge < -0.3 is 15.4 Å². The second-order valence-corrected chi connectivity index (χ2v) is 7.67. The Balaban J connectivity index is 1.79. The molecule has 2 heterocycles. The summed E-state index contributed by atoms with van der Waals surface area (Å²) in [6.45, 7) is 7.03. The van der Waals surface area contributed by atoms with Gasteiger partial charge in [-0.1, -0.05) is 11.3 Å². The lowest BCUT2D eigenvalue weighted by atomic mass is 10.0. The van der Waals surface area contributed by atoms with Gasteiger partial charge in [-0.3, -0.25) is 0 Å². The number of amides is 1. The monoisotopic (exact) mass is 319 g/mol. The quantitative estimate of drug-likeness (QED) is 0.809. The van der Waals surface area contributed by atoms with Crippen molar-refractivity contribution in [2.45, 2.75) is 39.2 Å². The van der Waals surface area contributed by atoms with Crippen LogP contribution >= 0.6 is 11.3 Å². The van der Waals surface area contributed by atoms with E-state index in [1.807, 2.05) is 20.8 Å². The Hall–Kier alpha value is -1.82. The van der Waals surface area contributed by atoms with Crippen molar-refractivity contribution in [2.24, 2.45) is 0 Å². The number of rotatable bonds is 0. The zero-order chi connectivity index (χ0) is 15.9. The first-order valence-electron chi connectivity index (χ1n) is 7.47. The number of nitrogens with two attached hydrogens (primary N) is 1. The molecule has 6 heteroatoms. The topological polar surface area (TPSA) is 68.5 Å². The Morgan fingerprint density at radius 1 is 1.27 bits per heavy atom. The summed E-state index contributed by atoms with van der Waals surface area (Å²) in [5.41, 5.74) is 8.80. The summed E-state index contributed by atoms with van der Waals surface area (Å²) >= 11 is 1.51. The van der Waals surface area contributed by atoms with Gasteiger partial charge in [0.1, 0.15) is 5.60 Å². The van der Waals surface area contributed by atoms with Gasteiger partial charge in [0, 0.05) is 13.1 Å². The van der Waals surface area contributed by atoms with E-state index in [-0.39, 0.29) is 6.09 Å². The summed E-state index contributed by atoms with van der Waals surface area (Å²) in [4.78, 5) is 18.4. The summed E-state index contributed by atoms with van der Waals surface area (Å²) in [5, 5.41) is 0.602. The van der Waals surface area contributed by atoms with Crippen LogP contribution in [0.2, 0.25) is 0 Å². The second kappa shape index (κ2) is 5.43. The van der Waals surface area contributed by atoms with Crippen molar-refractivity contribution in [3.05, 3.63) is 23.3 Å². The highest BCUT2D eigenvalue weighted by molar-refractivity contribution is 7.22. The fourth-order valence-corrected chi connectivity index (χ4v) is 3.45. The van der Waals surface area contributed by atoms with Crippen molar-refractivity contribution >= 4 is 32.8 Å². The van der Waals surface area contributed by atoms with Crippen LogP contribution in [0.5, 0.6) is 0 Å². The van der Waals surface area contributed by atoms with E-state index in [9.17, 15) is 4.79 Å². The third-order valence-electron chi connectivity index (χ3n) is 3.68.